The summed E-state index contributed by atoms with van der Waals surface area (Å²) in [6.45, 7) is 5.17. The van der Waals surface area contributed by atoms with Crippen LogP contribution >= 0.6 is 11.3 Å². The van der Waals surface area contributed by atoms with Crippen molar-refractivity contribution in [2.45, 2.75) is 25.8 Å². The predicted molar refractivity (Wildman–Crippen MR) is 99.0 cm³/mol. The van der Waals surface area contributed by atoms with E-state index in [1.165, 1.54) is 5.56 Å². The van der Waals surface area contributed by atoms with Gasteiger partial charge in [0.25, 0.3) is 0 Å². The topological polar surface area (TPSA) is 45.7 Å². The molecular weight excluding hydrogens is 334 g/mol. The van der Waals surface area contributed by atoms with Crippen molar-refractivity contribution >= 4 is 22.9 Å². The first kappa shape index (κ1) is 16.7. The fraction of sp³-hybridized carbons (Fsp3) is 0.474. The molecule has 0 spiro atoms. The predicted octanol–water partition coefficient (Wildman–Crippen LogP) is 2.50. The molecule has 0 aliphatic carbocycles. The summed E-state index contributed by atoms with van der Waals surface area (Å²) in [4.78, 5) is 21.8. The first-order valence-electron chi connectivity index (χ1n) is 8.91. The van der Waals surface area contributed by atoms with Crippen LogP contribution in [0.15, 0.2) is 29.6 Å². The molecule has 0 radical (unpaired) electrons. The molecule has 6 heteroatoms. The minimum atomic E-state index is 0.148. The number of fused-ring (bicyclic) bond motifs is 1. The summed E-state index contributed by atoms with van der Waals surface area (Å²) >= 11 is 1.65. The van der Waals surface area contributed by atoms with Gasteiger partial charge in [0.1, 0.15) is 5.01 Å². The van der Waals surface area contributed by atoms with E-state index in [2.05, 4.69) is 22.0 Å². The summed E-state index contributed by atoms with van der Waals surface area (Å²) in [7, 11) is 0. The molecule has 0 N–H and O–H groups in total. The van der Waals surface area contributed by atoms with E-state index >= 15 is 0 Å². The maximum Gasteiger partial charge on any atom is 0.233 e. The summed E-state index contributed by atoms with van der Waals surface area (Å²) in [5.41, 5.74) is 3.23. The van der Waals surface area contributed by atoms with E-state index in [0.717, 1.165) is 68.6 Å². The quantitative estimate of drug-likeness (QED) is 0.843. The molecule has 1 amide bonds. The van der Waals surface area contributed by atoms with Crippen molar-refractivity contribution in [1.29, 1.82) is 0 Å². The zero-order valence-corrected chi connectivity index (χ0v) is 15.1. The Kier molecular flexibility index (Phi) is 5.10. The third-order valence-electron chi connectivity index (χ3n) is 4.81. The SMILES string of the molecule is O=C(Cc1csc(CN2CCOCC2)n1)N1CCCc2ccccc21. The number of benzene rings is 1. The molecule has 5 nitrogen and oxygen atoms in total. The van der Waals surface area contributed by atoms with Gasteiger partial charge in [-0.3, -0.25) is 9.69 Å². The summed E-state index contributed by atoms with van der Waals surface area (Å²) in [6.07, 6.45) is 2.47. The van der Waals surface area contributed by atoms with Gasteiger partial charge in [0.15, 0.2) is 0 Å². The molecule has 0 unspecified atom stereocenters. The lowest BCUT2D eigenvalue weighted by molar-refractivity contribution is -0.118. The van der Waals surface area contributed by atoms with Crippen molar-refractivity contribution in [3.8, 4) is 0 Å². The smallest absolute Gasteiger partial charge is 0.233 e. The number of nitrogens with zero attached hydrogens (tertiary/aromatic N) is 3. The van der Waals surface area contributed by atoms with E-state index in [-0.39, 0.29) is 5.91 Å². The van der Waals surface area contributed by atoms with E-state index in [1.54, 1.807) is 11.3 Å². The van der Waals surface area contributed by atoms with E-state index in [9.17, 15) is 4.79 Å². The van der Waals surface area contributed by atoms with Crippen LogP contribution in [0, 0.1) is 0 Å². The highest BCUT2D eigenvalue weighted by Crippen LogP contribution is 2.27. The van der Waals surface area contributed by atoms with Gasteiger partial charge < -0.3 is 9.64 Å². The van der Waals surface area contributed by atoms with Gasteiger partial charge in [-0.15, -0.1) is 11.3 Å². The molecule has 1 fully saturated rings. The lowest BCUT2D eigenvalue weighted by atomic mass is 10.0. The molecule has 2 aromatic rings. The number of para-hydroxylation sites is 1. The molecule has 0 saturated carbocycles. The first-order valence-corrected chi connectivity index (χ1v) is 9.79. The van der Waals surface area contributed by atoms with Crippen molar-refractivity contribution < 1.29 is 9.53 Å². The number of hydrogen-bond donors (Lipinski definition) is 0. The zero-order valence-electron chi connectivity index (χ0n) is 14.3. The third-order valence-corrected chi connectivity index (χ3v) is 5.69. The monoisotopic (exact) mass is 357 g/mol. The second kappa shape index (κ2) is 7.64. The number of rotatable bonds is 4. The van der Waals surface area contributed by atoms with Gasteiger partial charge >= 0.3 is 0 Å². The van der Waals surface area contributed by atoms with Crippen LogP contribution in [0.4, 0.5) is 5.69 Å². The van der Waals surface area contributed by atoms with Gasteiger partial charge in [-0.1, -0.05) is 18.2 Å². The van der Waals surface area contributed by atoms with Crippen LogP contribution in [-0.4, -0.2) is 48.6 Å². The number of hydrogen-bond acceptors (Lipinski definition) is 5. The highest BCUT2D eigenvalue weighted by Gasteiger charge is 2.23. The molecular formula is C19H23N3O2S. The van der Waals surface area contributed by atoms with Crippen LogP contribution < -0.4 is 4.90 Å². The lowest BCUT2D eigenvalue weighted by Gasteiger charge is -2.29. The van der Waals surface area contributed by atoms with Crippen LogP contribution in [0.1, 0.15) is 22.7 Å². The molecule has 3 heterocycles. The van der Waals surface area contributed by atoms with Gasteiger partial charge in [0.05, 0.1) is 31.9 Å². The van der Waals surface area contributed by atoms with Gasteiger partial charge in [-0.25, -0.2) is 4.98 Å². The number of ether oxygens (including phenoxy) is 1. The first-order chi connectivity index (χ1) is 12.3. The largest absolute Gasteiger partial charge is 0.379 e. The van der Waals surface area contributed by atoms with E-state index in [4.69, 9.17) is 4.74 Å². The van der Waals surface area contributed by atoms with E-state index in [0.29, 0.717) is 6.42 Å². The minimum absolute atomic E-state index is 0.148. The maximum absolute atomic E-state index is 12.8. The number of thiazole rings is 1. The fourth-order valence-electron chi connectivity index (χ4n) is 3.50. The summed E-state index contributed by atoms with van der Waals surface area (Å²) in [6, 6.07) is 8.23. The summed E-state index contributed by atoms with van der Waals surface area (Å²) < 4.78 is 5.38. The van der Waals surface area contributed by atoms with Crippen molar-refractivity contribution in [2.75, 3.05) is 37.7 Å². The number of amides is 1. The second-order valence-electron chi connectivity index (χ2n) is 6.58. The molecule has 0 atom stereocenters. The minimum Gasteiger partial charge on any atom is -0.379 e. The number of aromatic nitrogens is 1. The Morgan fingerprint density at radius 1 is 1.20 bits per heavy atom. The number of aryl methyl sites for hydroxylation is 1. The molecule has 132 valence electrons. The van der Waals surface area contributed by atoms with Crippen LogP contribution in [0.3, 0.4) is 0 Å². The summed E-state index contributed by atoms with van der Waals surface area (Å²) in [5.74, 6) is 0.148. The standard InChI is InChI=1S/C19H23N3O2S/c23-19(22-7-3-5-15-4-1-2-6-17(15)22)12-16-14-25-18(20-16)13-21-8-10-24-11-9-21/h1-2,4,6,14H,3,5,7-13H2. The maximum atomic E-state index is 12.8. The number of morpholine rings is 1. The normalized spacial score (nSPS) is 18.2. The van der Waals surface area contributed by atoms with Gasteiger partial charge in [0, 0.05) is 30.7 Å². The molecule has 2 aliphatic heterocycles. The van der Waals surface area contributed by atoms with Gasteiger partial charge in [-0.2, -0.15) is 0 Å². The van der Waals surface area contributed by atoms with Crippen molar-refractivity contribution in [3.05, 3.63) is 45.9 Å². The molecule has 1 aromatic carbocycles. The van der Waals surface area contributed by atoms with Crippen molar-refractivity contribution in [3.63, 3.8) is 0 Å². The zero-order chi connectivity index (χ0) is 17.1. The van der Waals surface area contributed by atoms with E-state index < -0.39 is 0 Å². The average molecular weight is 357 g/mol. The molecule has 1 saturated heterocycles. The third kappa shape index (κ3) is 3.92. The highest BCUT2D eigenvalue weighted by atomic mass is 32.1. The van der Waals surface area contributed by atoms with Gasteiger partial charge in [-0.05, 0) is 24.5 Å². The summed E-state index contributed by atoms with van der Waals surface area (Å²) in [5, 5.41) is 3.12. The molecule has 2 aliphatic rings. The van der Waals surface area contributed by atoms with Crippen LogP contribution in [0.5, 0.6) is 0 Å². The molecule has 25 heavy (non-hydrogen) atoms. The van der Waals surface area contributed by atoms with Crippen LogP contribution in [-0.2, 0) is 28.9 Å². The Morgan fingerprint density at radius 3 is 2.92 bits per heavy atom. The van der Waals surface area contributed by atoms with E-state index in [1.807, 2.05) is 22.4 Å². The number of anilines is 1. The Bertz CT molecular complexity index is 740. The van der Waals surface area contributed by atoms with Crippen LogP contribution in [0.2, 0.25) is 0 Å². The molecule has 0 bridgehead atoms. The number of carbonyl (C=O) groups is 1. The van der Waals surface area contributed by atoms with Gasteiger partial charge in [0.2, 0.25) is 5.91 Å². The number of carbonyl (C=O) groups excluding carboxylic acids is 1. The Morgan fingerprint density at radius 2 is 2.04 bits per heavy atom. The fourth-order valence-corrected chi connectivity index (χ4v) is 4.33. The molecule has 4 rings (SSSR count). The second-order valence-corrected chi connectivity index (χ2v) is 7.52. The van der Waals surface area contributed by atoms with Crippen LogP contribution in [0.25, 0.3) is 0 Å². The Labute approximate surface area is 152 Å². The average Bonchev–Trinajstić information content (AvgIpc) is 3.09. The highest BCUT2D eigenvalue weighted by molar-refractivity contribution is 7.09. The van der Waals surface area contributed by atoms with Crippen molar-refractivity contribution in [2.24, 2.45) is 0 Å². The molecule has 1 aromatic heterocycles. The Balaban J connectivity index is 1.40. The Hall–Kier alpha value is -1.76. The lowest BCUT2D eigenvalue weighted by Crippen LogP contribution is -2.36. The van der Waals surface area contributed by atoms with Crippen molar-refractivity contribution in [1.82, 2.24) is 9.88 Å².